The van der Waals surface area contributed by atoms with Gasteiger partial charge in [-0.25, -0.2) is 0 Å². The molecule has 0 aliphatic carbocycles. The third kappa shape index (κ3) is 4.44. The normalized spacial score (nSPS) is 11.7. The molecule has 0 aliphatic rings. The lowest BCUT2D eigenvalue weighted by Gasteiger charge is -2.09. The Hall–Kier alpha value is -1.55. The third-order valence-corrected chi connectivity index (χ3v) is 2.29. The van der Waals surface area contributed by atoms with Gasteiger partial charge < -0.3 is 10.6 Å². The first-order valence-electron chi connectivity index (χ1n) is 5.37. The van der Waals surface area contributed by atoms with Gasteiger partial charge in [0, 0.05) is 17.8 Å². The van der Waals surface area contributed by atoms with E-state index in [9.17, 15) is 9.59 Å². The van der Waals surface area contributed by atoms with Crippen LogP contribution >= 0.6 is 11.6 Å². The van der Waals surface area contributed by atoms with Crippen LogP contribution in [0.4, 0.5) is 11.4 Å². The summed E-state index contributed by atoms with van der Waals surface area (Å²) in [5.74, 6) is -0.343. The van der Waals surface area contributed by atoms with Crippen LogP contribution in [-0.2, 0) is 9.59 Å². The highest BCUT2D eigenvalue weighted by atomic mass is 35.5. The summed E-state index contributed by atoms with van der Waals surface area (Å²) in [5, 5.41) is 4.77. The predicted molar refractivity (Wildman–Crippen MR) is 69.3 cm³/mol. The molecule has 0 spiro atoms. The van der Waals surface area contributed by atoms with Crippen molar-refractivity contribution in [3.05, 3.63) is 24.3 Å². The molecule has 0 aromatic heterocycles. The van der Waals surface area contributed by atoms with Gasteiger partial charge in [-0.3, -0.25) is 9.59 Å². The molecule has 0 saturated carbocycles. The van der Waals surface area contributed by atoms with Gasteiger partial charge in [0.25, 0.3) is 0 Å². The Balaban J connectivity index is 2.72. The summed E-state index contributed by atoms with van der Waals surface area (Å²) in [5.41, 5.74) is 1.26. The maximum absolute atomic E-state index is 11.4. The predicted octanol–water partition coefficient (Wildman–Crippen LogP) is 2.60. The monoisotopic (exact) mass is 254 g/mol. The van der Waals surface area contributed by atoms with E-state index in [0.29, 0.717) is 17.8 Å². The number of rotatable bonds is 4. The van der Waals surface area contributed by atoms with E-state index in [4.69, 9.17) is 11.6 Å². The lowest BCUT2D eigenvalue weighted by Crippen LogP contribution is -2.20. The summed E-state index contributed by atoms with van der Waals surface area (Å²) in [6.45, 7) is 3.37. The summed E-state index contributed by atoms with van der Waals surface area (Å²) in [7, 11) is 0. The van der Waals surface area contributed by atoms with Crippen molar-refractivity contribution in [2.24, 2.45) is 0 Å². The zero-order chi connectivity index (χ0) is 12.8. The van der Waals surface area contributed by atoms with Crippen molar-refractivity contribution in [3.63, 3.8) is 0 Å². The smallest absolute Gasteiger partial charge is 0.242 e. The molecule has 1 rings (SSSR count). The number of carbonyl (C=O) groups excluding carboxylic acids is 2. The molecule has 1 atom stereocenters. The number of nitrogens with one attached hydrogen (secondary N) is 2. The molecule has 1 unspecified atom stereocenters. The summed E-state index contributed by atoms with van der Waals surface area (Å²) in [4.78, 5) is 22.6. The first-order chi connectivity index (χ1) is 8.02. The average Bonchev–Trinajstić information content (AvgIpc) is 2.29. The standard InChI is InChI=1S/C12H15ClN2O2/c1-3-11(16)14-9-5-4-6-10(7-9)15-12(17)8(2)13/h4-8H,3H2,1-2H3,(H,14,16)(H,15,17). The van der Waals surface area contributed by atoms with Crippen LogP contribution in [0.15, 0.2) is 24.3 Å². The molecule has 0 saturated heterocycles. The Morgan fingerprint density at radius 3 is 2.41 bits per heavy atom. The molecule has 17 heavy (non-hydrogen) atoms. The van der Waals surface area contributed by atoms with Crippen LogP contribution in [0.5, 0.6) is 0 Å². The highest BCUT2D eigenvalue weighted by Crippen LogP contribution is 2.16. The van der Waals surface area contributed by atoms with Gasteiger partial charge in [0.05, 0.1) is 0 Å². The minimum absolute atomic E-state index is 0.0702. The topological polar surface area (TPSA) is 58.2 Å². The fourth-order valence-electron chi connectivity index (χ4n) is 1.17. The summed E-state index contributed by atoms with van der Waals surface area (Å²) >= 11 is 5.64. The lowest BCUT2D eigenvalue weighted by atomic mass is 10.2. The van der Waals surface area contributed by atoms with Gasteiger partial charge in [0.1, 0.15) is 5.38 Å². The Bertz CT molecular complexity index is 419. The number of anilines is 2. The van der Waals surface area contributed by atoms with E-state index >= 15 is 0 Å². The summed E-state index contributed by atoms with van der Waals surface area (Å²) in [6.07, 6.45) is 0.412. The molecule has 2 amide bonds. The van der Waals surface area contributed by atoms with Crippen LogP contribution in [0, 0.1) is 0 Å². The minimum atomic E-state index is -0.594. The van der Waals surface area contributed by atoms with Crippen molar-refractivity contribution in [2.45, 2.75) is 25.6 Å². The van der Waals surface area contributed by atoms with Gasteiger partial charge in [-0.1, -0.05) is 13.0 Å². The van der Waals surface area contributed by atoms with Crippen LogP contribution in [0.3, 0.4) is 0 Å². The summed E-state index contributed by atoms with van der Waals surface area (Å²) in [6, 6.07) is 6.93. The number of carbonyl (C=O) groups is 2. The van der Waals surface area contributed by atoms with Gasteiger partial charge >= 0.3 is 0 Å². The van der Waals surface area contributed by atoms with Gasteiger partial charge in [0.2, 0.25) is 11.8 Å². The van der Waals surface area contributed by atoms with E-state index in [1.807, 2.05) is 0 Å². The zero-order valence-electron chi connectivity index (χ0n) is 9.79. The second kappa shape index (κ2) is 6.25. The first kappa shape index (κ1) is 13.5. The molecule has 2 N–H and O–H groups in total. The molecule has 92 valence electrons. The number of hydrogen-bond acceptors (Lipinski definition) is 2. The van der Waals surface area contributed by atoms with Gasteiger partial charge in [-0.15, -0.1) is 11.6 Å². The molecule has 5 heteroatoms. The van der Waals surface area contributed by atoms with Crippen molar-refractivity contribution in [3.8, 4) is 0 Å². The van der Waals surface area contributed by atoms with Crippen LogP contribution < -0.4 is 10.6 Å². The van der Waals surface area contributed by atoms with E-state index in [2.05, 4.69) is 10.6 Å². The molecular formula is C12H15ClN2O2. The molecule has 1 aromatic rings. The van der Waals surface area contributed by atoms with E-state index in [0.717, 1.165) is 0 Å². The van der Waals surface area contributed by atoms with Crippen LogP contribution in [0.25, 0.3) is 0 Å². The van der Waals surface area contributed by atoms with Crippen molar-refractivity contribution >= 4 is 34.8 Å². The Labute approximate surface area is 105 Å². The van der Waals surface area contributed by atoms with E-state index in [1.54, 1.807) is 38.1 Å². The molecule has 0 fully saturated rings. The van der Waals surface area contributed by atoms with Gasteiger partial charge in [-0.2, -0.15) is 0 Å². The second-order valence-electron chi connectivity index (χ2n) is 3.59. The zero-order valence-corrected chi connectivity index (χ0v) is 10.5. The Morgan fingerprint density at radius 1 is 1.29 bits per heavy atom. The quantitative estimate of drug-likeness (QED) is 0.812. The van der Waals surface area contributed by atoms with E-state index in [-0.39, 0.29) is 11.8 Å². The van der Waals surface area contributed by atoms with Crippen LogP contribution in [-0.4, -0.2) is 17.2 Å². The maximum Gasteiger partial charge on any atom is 0.242 e. The van der Waals surface area contributed by atoms with Gasteiger partial charge in [-0.05, 0) is 25.1 Å². The highest BCUT2D eigenvalue weighted by Gasteiger charge is 2.09. The lowest BCUT2D eigenvalue weighted by molar-refractivity contribution is -0.116. The first-order valence-corrected chi connectivity index (χ1v) is 5.81. The fraction of sp³-hybridized carbons (Fsp3) is 0.333. The fourth-order valence-corrected chi connectivity index (χ4v) is 1.22. The molecule has 0 heterocycles. The van der Waals surface area contributed by atoms with Crippen molar-refractivity contribution in [1.82, 2.24) is 0 Å². The summed E-state index contributed by atoms with van der Waals surface area (Å²) < 4.78 is 0. The van der Waals surface area contributed by atoms with Crippen molar-refractivity contribution in [1.29, 1.82) is 0 Å². The molecule has 0 aliphatic heterocycles. The van der Waals surface area contributed by atoms with Crippen LogP contribution in [0.2, 0.25) is 0 Å². The number of amides is 2. The largest absolute Gasteiger partial charge is 0.326 e. The number of benzene rings is 1. The second-order valence-corrected chi connectivity index (χ2v) is 4.24. The average molecular weight is 255 g/mol. The SMILES string of the molecule is CCC(=O)Nc1cccc(NC(=O)C(C)Cl)c1. The highest BCUT2D eigenvalue weighted by molar-refractivity contribution is 6.32. The molecule has 4 nitrogen and oxygen atoms in total. The molecule has 1 aromatic carbocycles. The number of hydrogen-bond donors (Lipinski definition) is 2. The maximum atomic E-state index is 11.4. The van der Waals surface area contributed by atoms with E-state index in [1.165, 1.54) is 0 Å². The molecular weight excluding hydrogens is 240 g/mol. The van der Waals surface area contributed by atoms with E-state index < -0.39 is 5.38 Å². The van der Waals surface area contributed by atoms with Crippen LogP contribution in [0.1, 0.15) is 20.3 Å². The third-order valence-electron chi connectivity index (χ3n) is 2.10. The molecule has 0 radical (unpaired) electrons. The Morgan fingerprint density at radius 2 is 1.88 bits per heavy atom. The number of halogens is 1. The minimum Gasteiger partial charge on any atom is -0.326 e. The Kier molecular flexibility index (Phi) is 4.97. The van der Waals surface area contributed by atoms with Gasteiger partial charge in [0.15, 0.2) is 0 Å². The van der Waals surface area contributed by atoms with Crippen molar-refractivity contribution in [2.75, 3.05) is 10.6 Å². The number of alkyl halides is 1. The van der Waals surface area contributed by atoms with Crippen molar-refractivity contribution < 1.29 is 9.59 Å². The molecule has 0 bridgehead atoms.